The lowest BCUT2D eigenvalue weighted by molar-refractivity contribution is -0.140. The summed E-state index contributed by atoms with van der Waals surface area (Å²) in [6, 6.07) is 3.08. The molecule has 0 radical (unpaired) electrons. The fourth-order valence-electron chi connectivity index (χ4n) is 2.89. The molecule has 1 aromatic carbocycles. The number of nitrogens with two attached hydrogens (primary N) is 1. The Bertz CT molecular complexity index is 493. The van der Waals surface area contributed by atoms with E-state index in [2.05, 4.69) is 0 Å². The average molecular weight is 275 g/mol. The van der Waals surface area contributed by atoms with E-state index in [-0.39, 0.29) is 5.41 Å². The maximum absolute atomic E-state index is 13.3. The van der Waals surface area contributed by atoms with Crippen molar-refractivity contribution in [3.05, 3.63) is 35.1 Å². The third kappa shape index (κ3) is 2.76. The highest BCUT2D eigenvalue weighted by atomic mass is 19.4. The molecule has 1 nitrogen and oxygen atoms in total. The van der Waals surface area contributed by atoms with Gasteiger partial charge in [0, 0.05) is 5.54 Å². The standard InChI is InChI=1S/C14H17F4N/c1-12(2)5-6-13(19,8-12)9-3-4-11(15)10(7-9)14(16,17)18/h3-4,7H,5-6,8,19H2,1-2H3. The third-order valence-electron chi connectivity index (χ3n) is 3.89. The van der Waals surface area contributed by atoms with Crippen LogP contribution in [0, 0.1) is 11.2 Å². The maximum atomic E-state index is 13.3. The van der Waals surface area contributed by atoms with Crippen molar-refractivity contribution in [2.24, 2.45) is 11.1 Å². The van der Waals surface area contributed by atoms with E-state index >= 15 is 0 Å². The molecular formula is C14H17F4N. The zero-order valence-corrected chi connectivity index (χ0v) is 10.9. The molecule has 19 heavy (non-hydrogen) atoms. The zero-order chi connectivity index (χ0) is 14.5. The Labute approximate surface area is 109 Å². The summed E-state index contributed by atoms with van der Waals surface area (Å²) in [6.07, 6.45) is -2.63. The van der Waals surface area contributed by atoms with Gasteiger partial charge in [0.25, 0.3) is 0 Å². The smallest absolute Gasteiger partial charge is 0.321 e. The second kappa shape index (κ2) is 4.20. The molecule has 1 unspecified atom stereocenters. The minimum Gasteiger partial charge on any atom is -0.321 e. The van der Waals surface area contributed by atoms with Gasteiger partial charge in [0.1, 0.15) is 5.82 Å². The molecule has 106 valence electrons. The van der Waals surface area contributed by atoms with Gasteiger partial charge in [-0.2, -0.15) is 13.2 Å². The van der Waals surface area contributed by atoms with Crippen molar-refractivity contribution in [3.63, 3.8) is 0 Å². The summed E-state index contributed by atoms with van der Waals surface area (Å²) in [6.45, 7) is 4.08. The topological polar surface area (TPSA) is 26.0 Å². The molecule has 0 saturated heterocycles. The molecule has 1 aliphatic carbocycles. The molecule has 0 aliphatic heterocycles. The van der Waals surface area contributed by atoms with Crippen LogP contribution in [0.2, 0.25) is 0 Å². The molecular weight excluding hydrogens is 258 g/mol. The molecule has 0 heterocycles. The first-order chi connectivity index (χ1) is 8.54. The van der Waals surface area contributed by atoms with Gasteiger partial charge in [-0.1, -0.05) is 19.9 Å². The van der Waals surface area contributed by atoms with Crippen LogP contribution in [-0.4, -0.2) is 0 Å². The van der Waals surface area contributed by atoms with E-state index in [9.17, 15) is 17.6 Å². The second-order valence-electron chi connectivity index (χ2n) is 6.19. The first-order valence-corrected chi connectivity index (χ1v) is 6.20. The number of hydrogen-bond donors (Lipinski definition) is 1. The van der Waals surface area contributed by atoms with Crippen LogP contribution in [-0.2, 0) is 11.7 Å². The fourth-order valence-corrected chi connectivity index (χ4v) is 2.89. The maximum Gasteiger partial charge on any atom is 0.419 e. The van der Waals surface area contributed by atoms with E-state index in [1.807, 2.05) is 13.8 Å². The summed E-state index contributed by atoms with van der Waals surface area (Å²) in [5, 5.41) is 0. The second-order valence-corrected chi connectivity index (χ2v) is 6.19. The molecule has 2 rings (SSSR count). The first-order valence-electron chi connectivity index (χ1n) is 6.20. The van der Waals surface area contributed by atoms with Gasteiger partial charge in [0.2, 0.25) is 0 Å². The number of benzene rings is 1. The van der Waals surface area contributed by atoms with Crippen LogP contribution in [0.3, 0.4) is 0 Å². The summed E-state index contributed by atoms with van der Waals surface area (Å²) in [7, 11) is 0. The van der Waals surface area contributed by atoms with Crippen LogP contribution < -0.4 is 5.73 Å². The van der Waals surface area contributed by atoms with Crippen LogP contribution in [0.4, 0.5) is 17.6 Å². The first kappa shape index (κ1) is 14.3. The lowest BCUT2D eigenvalue weighted by Gasteiger charge is -2.27. The quantitative estimate of drug-likeness (QED) is 0.763. The van der Waals surface area contributed by atoms with Crippen molar-refractivity contribution in [1.82, 2.24) is 0 Å². The highest BCUT2D eigenvalue weighted by Gasteiger charge is 2.43. The zero-order valence-electron chi connectivity index (χ0n) is 10.9. The molecule has 1 saturated carbocycles. The number of alkyl halides is 3. The predicted molar refractivity (Wildman–Crippen MR) is 64.9 cm³/mol. The minimum atomic E-state index is -4.69. The SMILES string of the molecule is CC1(C)CCC(N)(c2ccc(F)c(C(F)(F)F)c2)C1. The van der Waals surface area contributed by atoms with E-state index in [1.165, 1.54) is 6.07 Å². The van der Waals surface area contributed by atoms with Gasteiger partial charge in [-0.25, -0.2) is 4.39 Å². The summed E-state index contributed by atoms with van der Waals surface area (Å²) in [4.78, 5) is 0. The Kier molecular flexibility index (Phi) is 3.16. The Balaban J connectivity index is 2.42. The van der Waals surface area contributed by atoms with Crippen molar-refractivity contribution in [1.29, 1.82) is 0 Å². The van der Waals surface area contributed by atoms with Gasteiger partial charge < -0.3 is 5.73 Å². The number of halogens is 4. The molecule has 0 amide bonds. The molecule has 1 atom stereocenters. The van der Waals surface area contributed by atoms with E-state index in [4.69, 9.17) is 5.73 Å². The van der Waals surface area contributed by atoms with Crippen LogP contribution in [0.25, 0.3) is 0 Å². The van der Waals surface area contributed by atoms with Crippen LogP contribution in [0.15, 0.2) is 18.2 Å². The Morgan fingerprint density at radius 1 is 1.16 bits per heavy atom. The van der Waals surface area contributed by atoms with Crippen LogP contribution in [0.1, 0.15) is 44.2 Å². The lowest BCUT2D eigenvalue weighted by Crippen LogP contribution is -2.35. The van der Waals surface area contributed by atoms with Crippen molar-refractivity contribution in [2.75, 3.05) is 0 Å². The monoisotopic (exact) mass is 275 g/mol. The van der Waals surface area contributed by atoms with Crippen molar-refractivity contribution < 1.29 is 17.6 Å². The molecule has 5 heteroatoms. The Morgan fingerprint density at radius 2 is 1.79 bits per heavy atom. The molecule has 1 fully saturated rings. The van der Waals surface area contributed by atoms with Crippen LogP contribution >= 0.6 is 0 Å². The minimum absolute atomic E-state index is 0.00152. The van der Waals surface area contributed by atoms with Gasteiger partial charge in [0.15, 0.2) is 0 Å². The lowest BCUT2D eigenvalue weighted by atomic mass is 9.83. The normalized spacial score (nSPS) is 26.7. The molecule has 1 aromatic rings. The highest BCUT2D eigenvalue weighted by molar-refractivity contribution is 5.33. The number of rotatable bonds is 1. The van der Waals surface area contributed by atoms with Gasteiger partial charge in [0.05, 0.1) is 5.56 Å². The van der Waals surface area contributed by atoms with Crippen molar-refractivity contribution >= 4 is 0 Å². The van der Waals surface area contributed by atoms with Gasteiger partial charge in [-0.15, -0.1) is 0 Å². The van der Waals surface area contributed by atoms with Crippen LogP contribution in [0.5, 0.6) is 0 Å². The average Bonchev–Trinajstić information content (AvgIpc) is 2.53. The summed E-state index contributed by atoms with van der Waals surface area (Å²) in [5.41, 5.74) is 4.57. The van der Waals surface area contributed by atoms with Gasteiger partial charge in [-0.05, 0) is 42.4 Å². The van der Waals surface area contributed by atoms with Gasteiger partial charge in [-0.3, -0.25) is 0 Å². The molecule has 1 aliphatic rings. The summed E-state index contributed by atoms with van der Waals surface area (Å²) >= 11 is 0. The Morgan fingerprint density at radius 3 is 2.26 bits per heavy atom. The largest absolute Gasteiger partial charge is 0.419 e. The van der Waals surface area contributed by atoms with Gasteiger partial charge >= 0.3 is 6.18 Å². The van der Waals surface area contributed by atoms with E-state index < -0.39 is 23.1 Å². The molecule has 0 spiro atoms. The van der Waals surface area contributed by atoms with E-state index in [1.54, 1.807) is 0 Å². The predicted octanol–water partition coefficient (Wildman–Crippen LogP) is 4.21. The van der Waals surface area contributed by atoms with Crippen molar-refractivity contribution in [2.45, 2.75) is 44.8 Å². The third-order valence-corrected chi connectivity index (χ3v) is 3.89. The summed E-state index contributed by atoms with van der Waals surface area (Å²) < 4.78 is 51.4. The fraction of sp³-hybridized carbons (Fsp3) is 0.571. The molecule has 0 bridgehead atoms. The molecule has 0 aromatic heterocycles. The van der Waals surface area contributed by atoms with Crippen molar-refractivity contribution in [3.8, 4) is 0 Å². The van der Waals surface area contributed by atoms with E-state index in [0.29, 0.717) is 18.4 Å². The Hall–Kier alpha value is -1.10. The molecule has 2 N–H and O–H groups in total. The number of hydrogen-bond acceptors (Lipinski definition) is 1. The summed E-state index contributed by atoms with van der Waals surface area (Å²) in [5.74, 6) is -1.25. The van der Waals surface area contributed by atoms with E-state index in [0.717, 1.165) is 18.6 Å². The highest BCUT2D eigenvalue weighted by Crippen LogP contribution is 2.48.